The molecule has 0 radical (unpaired) electrons. The Kier molecular flexibility index (Phi) is 11.5. The van der Waals surface area contributed by atoms with Crippen molar-refractivity contribution in [2.45, 2.75) is 0 Å². The average Bonchev–Trinajstić information content (AvgIpc) is 2.48. The number of hydrogen-bond donors (Lipinski definition) is 0. The van der Waals surface area contributed by atoms with E-state index in [1.165, 1.54) is 0 Å². The second-order valence-electron chi connectivity index (χ2n) is 4.08. The summed E-state index contributed by atoms with van der Waals surface area (Å²) in [6, 6.07) is 1.94. The molecule has 8 heteroatoms. The van der Waals surface area contributed by atoms with E-state index in [-0.39, 0.29) is 0 Å². The van der Waals surface area contributed by atoms with Gasteiger partial charge in [0, 0.05) is 16.2 Å². The molecule has 0 aliphatic heterocycles. The van der Waals surface area contributed by atoms with E-state index < -0.39 is 0 Å². The highest BCUT2D eigenvalue weighted by Crippen LogP contribution is 2.32. The quantitative estimate of drug-likeness (QED) is 0.210. The van der Waals surface area contributed by atoms with E-state index in [1.54, 1.807) is 7.11 Å². The molecule has 1 aromatic carbocycles. The van der Waals surface area contributed by atoms with Crippen LogP contribution in [-0.4, -0.2) is 53.0 Å². The minimum atomic E-state index is 0.433. The number of carbonyl (C=O) groups is 1. The average molecular weight is 646 g/mol. The number of ether oxygens (including phenoxy) is 4. The lowest BCUT2D eigenvalue weighted by Gasteiger charge is -2.13. The maximum atomic E-state index is 11.1. The van der Waals surface area contributed by atoms with Crippen molar-refractivity contribution in [2.24, 2.45) is 0 Å². The first-order valence-corrected chi connectivity index (χ1v) is 9.75. The summed E-state index contributed by atoms with van der Waals surface area (Å²) in [4.78, 5) is 11.1. The molecule has 0 aliphatic carbocycles. The van der Waals surface area contributed by atoms with Gasteiger partial charge in [0.25, 0.3) is 0 Å². The number of aldehydes is 1. The molecule has 0 heterocycles. The van der Waals surface area contributed by atoms with Crippen molar-refractivity contribution in [3.8, 4) is 5.75 Å². The molecule has 1 aromatic rings. The van der Waals surface area contributed by atoms with Gasteiger partial charge < -0.3 is 18.9 Å². The van der Waals surface area contributed by atoms with E-state index >= 15 is 0 Å². The number of benzene rings is 1. The molecule has 1 rings (SSSR count). The zero-order chi connectivity index (χ0) is 16.4. The van der Waals surface area contributed by atoms with E-state index in [4.69, 9.17) is 18.9 Å². The summed E-state index contributed by atoms with van der Waals surface area (Å²) in [5.74, 6) is 0.740. The maximum absolute atomic E-state index is 11.1. The minimum absolute atomic E-state index is 0.433. The normalized spacial score (nSPS) is 10.7. The van der Waals surface area contributed by atoms with Gasteiger partial charge in [0.1, 0.15) is 12.4 Å². The van der Waals surface area contributed by atoms with Gasteiger partial charge in [-0.15, -0.1) is 0 Å². The van der Waals surface area contributed by atoms with Crippen LogP contribution in [0, 0.1) is 10.7 Å². The number of halogens is 3. The van der Waals surface area contributed by atoms with Gasteiger partial charge >= 0.3 is 0 Å². The first kappa shape index (κ1) is 20.8. The standard InChI is InChI=1S/C14H17I3O5/c1-19-2-3-20-4-5-21-6-7-22-14-12(16)8-11(15)10(9-18)13(14)17/h8-9H,2-7H2,1H3. The summed E-state index contributed by atoms with van der Waals surface area (Å²) in [7, 11) is 1.64. The van der Waals surface area contributed by atoms with Crippen molar-refractivity contribution in [3.63, 3.8) is 0 Å². The van der Waals surface area contributed by atoms with Crippen LogP contribution in [-0.2, 0) is 14.2 Å². The Labute approximate surface area is 171 Å². The molecule has 124 valence electrons. The molecule has 0 amide bonds. The molecule has 22 heavy (non-hydrogen) atoms. The molecule has 0 fully saturated rings. The second-order valence-corrected chi connectivity index (χ2v) is 7.48. The van der Waals surface area contributed by atoms with Crippen molar-refractivity contribution < 1.29 is 23.7 Å². The Morgan fingerprint density at radius 2 is 1.55 bits per heavy atom. The Balaban J connectivity index is 2.32. The predicted octanol–water partition coefficient (Wildman–Crippen LogP) is 3.37. The summed E-state index contributed by atoms with van der Waals surface area (Å²) < 4.78 is 24.1. The maximum Gasteiger partial charge on any atom is 0.152 e. The van der Waals surface area contributed by atoms with Gasteiger partial charge in [0.05, 0.1) is 40.2 Å². The molecular formula is C14H17I3O5. The molecule has 0 aromatic heterocycles. The number of methoxy groups -OCH3 is 1. The van der Waals surface area contributed by atoms with Crippen LogP contribution in [0.4, 0.5) is 0 Å². The number of hydrogen-bond acceptors (Lipinski definition) is 5. The summed E-state index contributed by atoms with van der Waals surface area (Å²) in [6.07, 6.45) is 0.861. The fourth-order valence-electron chi connectivity index (χ4n) is 1.49. The SMILES string of the molecule is COCCOCCOCCOc1c(I)cc(I)c(C=O)c1I. The molecule has 0 atom stereocenters. The first-order chi connectivity index (χ1) is 10.6. The molecule has 0 saturated heterocycles. The van der Waals surface area contributed by atoms with Crippen LogP contribution in [0.1, 0.15) is 10.4 Å². The zero-order valence-electron chi connectivity index (χ0n) is 12.1. The molecule has 0 spiro atoms. The van der Waals surface area contributed by atoms with E-state index in [9.17, 15) is 4.79 Å². The summed E-state index contributed by atoms with van der Waals surface area (Å²) >= 11 is 6.50. The third-order valence-electron chi connectivity index (χ3n) is 2.56. The topological polar surface area (TPSA) is 54.0 Å². The smallest absolute Gasteiger partial charge is 0.152 e. The fraction of sp³-hybridized carbons (Fsp3) is 0.500. The summed E-state index contributed by atoms with van der Waals surface area (Å²) in [5.41, 5.74) is 0.670. The highest BCUT2D eigenvalue weighted by atomic mass is 127. The van der Waals surface area contributed by atoms with Crippen molar-refractivity contribution in [2.75, 3.05) is 46.8 Å². The zero-order valence-corrected chi connectivity index (χ0v) is 18.5. The second kappa shape index (κ2) is 12.2. The van der Waals surface area contributed by atoms with Gasteiger partial charge in [-0.1, -0.05) is 0 Å². The molecule has 0 aliphatic rings. The minimum Gasteiger partial charge on any atom is -0.489 e. The van der Waals surface area contributed by atoms with E-state index in [2.05, 4.69) is 67.8 Å². The highest BCUT2D eigenvalue weighted by Gasteiger charge is 2.14. The van der Waals surface area contributed by atoms with Crippen LogP contribution in [0.25, 0.3) is 0 Å². The Hall–Kier alpha value is 0.760. The number of rotatable bonds is 11. The van der Waals surface area contributed by atoms with Crippen LogP contribution >= 0.6 is 67.8 Å². The molecule has 0 bridgehead atoms. The van der Waals surface area contributed by atoms with E-state index in [0.717, 1.165) is 22.7 Å². The van der Waals surface area contributed by atoms with Gasteiger partial charge in [-0.3, -0.25) is 4.79 Å². The molecular weight excluding hydrogens is 629 g/mol. The molecule has 0 saturated carbocycles. The van der Waals surface area contributed by atoms with Gasteiger partial charge in [-0.2, -0.15) is 0 Å². The fourth-order valence-corrected chi connectivity index (χ4v) is 5.43. The van der Waals surface area contributed by atoms with Gasteiger partial charge in [0.15, 0.2) is 6.29 Å². The van der Waals surface area contributed by atoms with Crippen molar-refractivity contribution in [1.82, 2.24) is 0 Å². The summed E-state index contributed by atoms with van der Waals surface area (Å²) in [5, 5.41) is 0. The predicted molar refractivity (Wildman–Crippen MR) is 109 cm³/mol. The van der Waals surface area contributed by atoms with Gasteiger partial charge in [-0.25, -0.2) is 0 Å². The Morgan fingerprint density at radius 3 is 2.14 bits per heavy atom. The molecule has 5 nitrogen and oxygen atoms in total. The lowest BCUT2D eigenvalue weighted by Crippen LogP contribution is -2.13. The van der Waals surface area contributed by atoms with Crippen molar-refractivity contribution >= 4 is 74.1 Å². The van der Waals surface area contributed by atoms with Crippen molar-refractivity contribution in [1.29, 1.82) is 0 Å². The first-order valence-electron chi connectivity index (χ1n) is 6.51. The van der Waals surface area contributed by atoms with E-state index in [0.29, 0.717) is 45.2 Å². The number of carbonyl (C=O) groups excluding carboxylic acids is 1. The van der Waals surface area contributed by atoms with Crippen LogP contribution in [0.3, 0.4) is 0 Å². The monoisotopic (exact) mass is 646 g/mol. The highest BCUT2D eigenvalue weighted by molar-refractivity contribution is 14.1. The third kappa shape index (κ3) is 7.11. The van der Waals surface area contributed by atoms with Gasteiger partial charge in [0.2, 0.25) is 0 Å². The van der Waals surface area contributed by atoms with Crippen LogP contribution < -0.4 is 4.74 Å². The van der Waals surface area contributed by atoms with Crippen molar-refractivity contribution in [3.05, 3.63) is 22.3 Å². The van der Waals surface area contributed by atoms with E-state index in [1.807, 2.05) is 6.07 Å². The lowest BCUT2D eigenvalue weighted by molar-refractivity contribution is 0.0178. The van der Waals surface area contributed by atoms with Crippen LogP contribution in [0.5, 0.6) is 5.75 Å². The molecule has 0 N–H and O–H groups in total. The lowest BCUT2D eigenvalue weighted by atomic mass is 10.2. The van der Waals surface area contributed by atoms with Crippen LogP contribution in [0.2, 0.25) is 0 Å². The van der Waals surface area contributed by atoms with Gasteiger partial charge in [-0.05, 0) is 73.8 Å². The third-order valence-corrected chi connectivity index (χ3v) is 5.32. The Morgan fingerprint density at radius 1 is 0.955 bits per heavy atom. The van der Waals surface area contributed by atoms with Crippen LogP contribution in [0.15, 0.2) is 6.07 Å². The Bertz CT molecular complexity index is 482. The summed E-state index contributed by atoms with van der Waals surface area (Å²) in [6.45, 7) is 3.13. The largest absolute Gasteiger partial charge is 0.489 e. The molecule has 0 unspecified atom stereocenters.